The lowest BCUT2D eigenvalue weighted by molar-refractivity contribution is 0.316. The molecule has 0 bridgehead atoms. The van der Waals surface area contributed by atoms with Crippen molar-refractivity contribution in [1.29, 1.82) is 0 Å². The molecule has 0 aromatic heterocycles. The van der Waals surface area contributed by atoms with Crippen LogP contribution in [0.2, 0.25) is 0 Å². The average molecular weight is 208 g/mol. The molecule has 2 aliphatic rings. The topological polar surface area (TPSA) is 44.6 Å². The minimum Gasteiger partial charge on any atom is -0.411 e. The molecule has 0 heterocycles. The van der Waals surface area contributed by atoms with Gasteiger partial charge in [0.1, 0.15) is 0 Å². The number of hydrogen-bond acceptors (Lipinski definition) is 3. The summed E-state index contributed by atoms with van der Waals surface area (Å²) in [5.41, 5.74) is 3.84. The van der Waals surface area contributed by atoms with Crippen molar-refractivity contribution in [1.82, 2.24) is 5.32 Å². The van der Waals surface area contributed by atoms with Crippen LogP contribution in [0, 0.1) is 0 Å². The number of nitrogens with zero attached hydrogens (tertiary/aromatic N) is 1. The van der Waals surface area contributed by atoms with E-state index < -0.39 is 0 Å². The van der Waals surface area contributed by atoms with E-state index in [2.05, 4.69) is 17.4 Å². The summed E-state index contributed by atoms with van der Waals surface area (Å²) < 4.78 is 0. The van der Waals surface area contributed by atoms with Crippen molar-refractivity contribution in [3.05, 3.63) is 11.1 Å². The van der Waals surface area contributed by atoms with Crippen LogP contribution in [0.15, 0.2) is 16.3 Å². The number of rotatable bonds is 2. The molecule has 3 heteroatoms. The Bertz CT molecular complexity index is 294. The van der Waals surface area contributed by atoms with E-state index in [4.69, 9.17) is 5.21 Å². The van der Waals surface area contributed by atoms with Crippen LogP contribution in [0.5, 0.6) is 0 Å². The first-order valence-corrected chi connectivity index (χ1v) is 6.00. The summed E-state index contributed by atoms with van der Waals surface area (Å²) in [7, 11) is 0. The highest BCUT2D eigenvalue weighted by atomic mass is 16.4. The van der Waals surface area contributed by atoms with Gasteiger partial charge in [-0.25, -0.2) is 0 Å². The van der Waals surface area contributed by atoms with Gasteiger partial charge in [-0.3, -0.25) is 0 Å². The highest BCUT2D eigenvalue weighted by Gasteiger charge is 2.25. The molecule has 1 unspecified atom stereocenters. The van der Waals surface area contributed by atoms with E-state index in [0.29, 0.717) is 6.04 Å². The van der Waals surface area contributed by atoms with Gasteiger partial charge in [0, 0.05) is 6.04 Å². The van der Waals surface area contributed by atoms with Gasteiger partial charge in [-0.05, 0) is 50.6 Å². The largest absolute Gasteiger partial charge is 0.411 e. The standard InChI is InChI=1S/C12H20N2O/c1-2-13-10-6-7-11-9(8-10)4-3-5-12(11)14-15/h10,13,15H,2-8H2,1H3. The van der Waals surface area contributed by atoms with Crippen molar-refractivity contribution in [2.24, 2.45) is 5.16 Å². The van der Waals surface area contributed by atoms with Crippen molar-refractivity contribution in [2.75, 3.05) is 6.54 Å². The van der Waals surface area contributed by atoms with Crippen molar-refractivity contribution in [2.45, 2.75) is 51.5 Å². The quantitative estimate of drug-likeness (QED) is 0.541. The van der Waals surface area contributed by atoms with Gasteiger partial charge in [0.25, 0.3) is 0 Å². The SMILES string of the molecule is CCNC1CCC2=C(CCCC2=NO)C1. The molecule has 1 atom stereocenters. The molecule has 84 valence electrons. The molecule has 0 saturated heterocycles. The monoisotopic (exact) mass is 208 g/mol. The molecule has 0 aliphatic heterocycles. The molecule has 15 heavy (non-hydrogen) atoms. The Hall–Kier alpha value is -0.830. The maximum absolute atomic E-state index is 8.94. The van der Waals surface area contributed by atoms with Crippen molar-refractivity contribution in [3.63, 3.8) is 0 Å². The third kappa shape index (κ3) is 2.23. The van der Waals surface area contributed by atoms with E-state index in [1.807, 2.05) is 0 Å². The highest BCUT2D eigenvalue weighted by molar-refractivity contribution is 6.01. The summed E-state index contributed by atoms with van der Waals surface area (Å²) in [6, 6.07) is 0.645. The number of nitrogens with one attached hydrogen (secondary N) is 1. The fraction of sp³-hybridized carbons (Fsp3) is 0.750. The van der Waals surface area contributed by atoms with Gasteiger partial charge in [0.05, 0.1) is 5.71 Å². The minimum atomic E-state index is 0.645. The third-order valence-electron chi connectivity index (χ3n) is 3.52. The molecule has 0 amide bonds. The molecule has 0 spiro atoms. The Kier molecular flexibility index (Phi) is 3.41. The lowest BCUT2D eigenvalue weighted by Gasteiger charge is -2.31. The summed E-state index contributed by atoms with van der Waals surface area (Å²) in [5.74, 6) is 0. The molecule has 0 aromatic rings. The van der Waals surface area contributed by atoms with Gasteiger partial charge in [0.2, 0.25) is 0 Å². The van der Waals surface area contributed by atoms with Gasteiger partial charge in [-0.15, -0.1) is 0 Å². The summed E-state index contributed by atoms with van der Waals surface area (Å²) in [4.78, 5) is 0. The average Bonchev–Trinajstić information content (AvgIpc) is 2.28. The predicted octanol–water partition coefficient (Wildman–Crippen LogP) is 2.46. The van der Waals surface area contributed by atoms with E-state index >= 15 is 0 Å². The Morgan fingerprint density at radius 3 is 3.00 bits per heavy atom. The van der Waals surface area contributed by atoms with Crippen LogP contribution in [-0.2, 0) is 0 Å². The fourth-order valence-electron chi connectivity index (χ4n) is 2.81. The molecular weight excluding hydrogens is 188 g/mol. The van der Waals surface area contributed by atoms with Crippen LogP contribution >= 0.6 is 0 Å². The molecule has 0 radical (unpaired) electrons. The van der Waals surface area contributed by atoms with Gasteiger partial charge in [-0.2, -0.15) is 0 Å². The van der Waals surface area contributed by atoms with Crippen molar-refractivity contribution < 1.29 is 5.21 Å². The summed E-state index contributed by atoms with van der Waals surface area (Å²) in [6.07, 6.45) is 6.74. The zero-order valence-electron chi connectivity index (χ0n) is 9.42. The maximum Gasteiger partial charge on any atom is 0.0827 e. The van der Waals surface area contributed by atoms with Crippen LogP contribution in [-0.4, -0.2) is 23.5 Å². The number of oxime groups is 1. The van der Waals surface area contributed by atoms with Crippen LogP contribution in [0.4, 0.5) is 0 Å². The molecule has 0 saturated carbocycles. The van der Waals surface area contributed by atoms with Crippen molar-refractivity contribution in [3.8, 4) is 0 Å². The molecule has 2 N–H and O–H groups in total. The first-order valence-electron chi connectivity index (χ1n) is 6.00. The van der Waals surface area contributed by atoms with E-state index in [1.165, 1.54) is 24.0 Å². The molecule has 0 fully saturated rings. The van der Waals surface area contributed by atoms with Gasteiger partial charge < -0.3 is 10.5 Å². The summed E-state index contributed by atoms with van der Waals surface area (Å²) >= 11 is 0. The van der Waals surface area contributed by atoms with E-state index in [0.717, 1.165) is 37.9 Å². The van der Waals surface area contributed by atoms with E-state index in [9.17, 15) is 0 Å². The predicted molar refractivity (Wildman–Crippen MR) is 61.4 cm³/mol. The van der Waals surface area contributed by atoms with Crippen LogP contribution in [0.25, 0.3) is 0 Å². The Balaban J connectivity index is 2.11. The van der Waals surface area contributed by atoms with Crippen LogP contribution < -0.4 is 5.32 Å². The normalized spacial score (nSPS) is 29.4. The Morgan fingerprint density at radius 2 is 2.27 bits per heavy atom. The molecular formula is C12H20N2O. The first-order chi connectivity index (χ1) is 7.35. The minimum absolute atomic E-state index is 0.645. The number of hydrogen-bond donors (Lipinski definition) is 2. The van der Waals surface area contributed by atoms with Gasteiger partial charge in [-0.1, -0.05) is 17.7 Å². The van der Waals surface area contributed by atoms with Gasteiger partial charge >= 0.3 is 0 Å². The van der Waals surface area contributed by atoms with Crippen molar-refractivity contribution >= 4 is 5.71 Å². The van der Waals surface area contributed by atoms with E-state index in [-0.39, 0.29) is 0 Å². The third-order valence-corrected chi connectivity index (χ3v) is 3.52. The van der Waals surface area contributed by atoms with Crippen LogP contribution in [0.1, 0.15) is 45.4 Å². The van der Waals surface area contributed by atoms with E-state index in [1.54, 1.807) is 0 Å². The second kappa shape index (κ2) is 4.79. The zero-order chi connectivity index (χ0) is 10.7. The molecule has 2 rings (SSSR count). The second-order valence-electron chi connectivity index (χ2n) is 4.48. The first kappa shape index (κ1) is 10.7. The molecule has 2 aliphatic carbocycles. The fourth-order valence-corrected chi connectivity index (χ4v) is 2.81. The summed E-state index contributed by atoms with van der Waals surface area (Å²) in [5, 5.41) is 15.9. The lowest BCUT2D eigenvalue weighted by atomic mass is 9.79. The smallest absolute Gasteiger partial charge is 0.0827 e. The zero-order valence-corrected chi connectivity index (χ0v) is 9.42. The molecule has 0 aromatic carbocycles. The van der Waals surface area contributed by atoms with Crippen LogP contribution in [0.3, 0.4) is 0 Å². The Labute approximate surface area is 91.2 Å². The second-order valence-corrected chi connectivity index (χ2v) is 4.48. The summed E-state index contributed by atoms with van der Waals surface area (Å²) in [6.45, 7) is 3.21. The van der Waals surface area contributed by atoms with Gasteiger partial charge in [0.15, 0.2) is 0 Å². The highest BCUT2D eigenvalue weighted by Crippen LogP contribution is 2.34. The lowest BCUT2D eigenvalue weighted by Crippen LogP contribution is -2.33. The maximum atomic E-state index is 8.94. The molecule has 3 nitrogen and oxygen atoms in total. The Morgan fingerprint density at radius 1 is 1.40 bits per heavy atom. The number of allylic oxidation sites excluding steroid dienone is 1.